The highest BCUT2D eigenvalue weighted by Crippen LogP contribution is 2.19. The smallest absolute Gasteiger partial charge is 0.0992 e. The Labute approximate surface area is 103 Å². The van der Waals surface area contributed by atoms with Crippen LogP contribution in [0.3, 0.4) is 0 Å². The van der Waals surface area contributed by atoms with Gasteiger partial charge in [0.15, 0.2) is 0 Å². The van der Waals surface area contributed by atoms with Crippen LogP contribution in [0, 0.1) is 11.3 Å². The van der Waals surface area contributed by atoms with E-state index in [-0.39, 0.29) is 0 Å². The molecule has 4 nitrogen and oxygen atoms in total. The fraction of sp³-hybridized carbons (Fsp3) is 0.462. The highest BCUT2D eigenvalue weighted by molar-refractivity contribution is 5.68. The van der Waals surface area contributed by atoms with E-state index >= 15 is 0 Å². The summed E-state index contributed by atoms with van der Waals surface area (Å²) in [4.78, 5) is 2.18. The number of nitriles is 1. The van der Waals surface area contributed by atoms with E-state index in [4.69, 9.17) is 11.0 Å². The van der Waals surface area contributed by atoms with Crippen molar-refractivity contribution >= 4 is 11.4 Å². The molecule has 0 amide bonds. The molecule has 3 N–H and O–H groups in total. The first-order valence-electron chi connectivity index (χ1n) is 5.81. The molecule has 0 fully saturated rings. The lowest BCUT2D eigenvalue weighted by Gasteiger charge is -2.11. The molecular weight excluding hydrogens is 212 g/mol. The van der Waals surface area contributed by atoms with E-state index < -0.39 is 0 Å². The molecule has 17 heavy (non-hydrogen) atoms. The van der Waals surface area contributed by atoms with Crippen molar-refractivity contribution in [2.24, 2.45) is 0 Å². The Morgan fingerprint density at radius 1 is 1.35 bits per heavy atom. The van der Waals surface area contributed by atoms with E-state index in [2.05, 4.69) is 30.4 Å². The molecule has 4 heteroatoms. The molecule has 0 bridgehead atoms. The van der Waals surface area contributed by atoms with Gasteiger partial charge >= 0.3 is 0 Å². The van der Waals surface area contributed by atoms with Crippen LogP contribution in [0.2, 0.25) is 0 Å². The molecule has 0 radical (unpaired) electrons. The van der Waals surface area contributed by atoms with Crippen molar-refractivity contribution in [2.45, 2.75) is 12.8 Å². The number of anilines is 2. The summed E-state index contributed by atoms with van der Waals surface area (Å²) < 4.78 is 0. The lowest BCUT2D eigenvalue weighted by atomic mass is 10.2. The molecule has 0 aromatic heterocycles. The van der Waals surface area contributed by atoms with E-state index in [0.717, 1.165) is 31.6 Å². The molecular formula is C13H20N4. The number of unbranched alkanes of at least 4 members (excludes halogenated alkanes) is 1. The fourth-order valence-electron chi connectivity index (χ4n) is 1.57. The lowest BCUT2D eigenvalue weighted by molar-refractivity contribution is 0.396. The van der Waals surface area contributed by atoms with E-state index in [1.165, 1.54) is 0 Å². The van der Waals surface area contributed by atoms with Crippen LogP contribution in [0.1, 0.15) is 18.4 Å². The standard InChI is InChI=1S/C13H20N4/c1-17(2)8-4-3-7-16-13-6-5-11(10-14)9-12(13)15/h5-6,9,16H,3-4,7-8,15H2,1-2H3. The maximum absolute atomic E-state index is 8.72. The molecule has 0 atom stereocenters. The number of nitrogens with two attached hydrogens (primary N) is 1. The highest BCUT2D eigenvalue weighted by Gasteiger charge is 1.99. The van der Waals surface area contributed by atoms with Crippen LogP contribution in [0.15, 0.2) is 18.2 Å². The van der Waals surface area contributed by atoms with Crippen molar-refractivity contribution < 1.29 is 0 Å². The Morgan fingerprint density at radius 2 is 2.12 bits per heavy atom. The number of hydrogen-bond donors (Lipinski definition) is 2. The van der Waals surface area contributed by atoms with Crippen LogP contribution in [0.5, 0.6) is 0 Å². The van der Waals surface area contributed by atoms with E-state index in [1.807, 2.05) is 6.07 Å². The average molecular weight is 232 g/mol. The van der Waals surface area contributed by atoms with Gasteiger partial charge in [-0.1, -0.05) is 0 Å². The minimum absolute atomic E-state index is 0.598. The van der Waals surface area contributed by atoms with Crippen molar-refractivity contribution in [1.29, 1.82) is 5.26 Å². The predicted octanol–water partition coefficient (Wildman–Crippen LogP) is 1.89. The second-order valence-electron chi connectivity index (χ2n) is 4.35. The summed E-state index contributed by atoms with van der Waals surface area (Å²) in [6, 6.07) is 7.40. The normalized spacial score (nSPS) is 10.2. The molecule has 92 valence electrons. The van der Waals surface area contributed by atoms with Gasteiger partial charge in [-0.25, -0.2) is 0 Å². The van der Waals surface area contributed by atoms with Crippen molar-refractivity contribution in [1.82, 2.24) is 4.90 Å². The first-order valence-corrected chi connectivity index (χ1v) is 5.81. The van der Waals surface area contributed by atoms with Crippen molar-refractivity contribution in [2.75, 3.05) is 38.2 Å². The molecule has 0 saturated carbocycles. The number of benzene rings is 1. The van der Waals surface area contributed by atoms with Gasteiger partial charge in [-0.15, -0.1) is 0 Å². The van der Waals surface area contributed by atoms with Gasteiger partial charge in [0.2, 0.25) is 0 Å². The van der Waals surface area contributed by atoms with Gasteiger partial charge < -0.3 is 16.0 Å². The van der Waals surface area contributed by atoms with Crippen LogP contribution in [0.4, 0.5) is 11.4 Å². The number of rotatable bonds is 6. The molecule has 0 heterocycles. The lowest BCUT2D eigenvalue weighted by Crippen LogP contribution is -2.14. The first kappa shape index (κ1) is 13.3. The first-order chi connectivity index (χ1) is 8.13. The highest BCUT2D eigenvalue weighted by atomic mass is 15.0. The maximum Gasteiger partial charge on any atom is 0.0992 e. The number of nitrogens with one attached hydrogen (secondary N) is 1. The Balaban J connectivity index is 2.35. The van der Waals surface area contributed by atoms with Gasteiger partial charge in [0, 0.05) is 6.54 Å². The van der Waals surface area contributed by atoms with E-state index in [0.29, 0.717) is 11.3 Å². The minimum Gasteiger partial charge on any atom is -0.397 e. The summed E-state index contributed by atoms with van der Waals surface area (Å²) in [5.74, 6) is 0. The third kappa shape index (κ3) is 4.75. The van der Waals surface area contributed by atoms with E-state index in [1.54, 1.807) is 12.1 Å². The molecule has 1 aromatic carbocycles. The molecule has 0 aliphatic heterocycles. The van der Waals surface area contributed by atoms with Gasteiger partial charge in [-0.3, -0.25) is 0 Å². The summed E-state index contributed by atoms with van der Waals surface area (Å²) in [5.41, 5.74) is 7.98. The Hall–Kier alpha value is -1.73. The predicted molar refractivity (Wildman–Crippen MR) is 71.8 cm³/mol. The number of nitrogens with zero attached hydrogens (tertiary/aromatic N) is 2. The molecule has 0 spiro atoms. The summed E-state index contributed by atoms with van der Waals surface area (Å²) in [7, 11) is 4.15. The third-order valence-corrected chi connectivity index (χ3v) is 2.53. The van der Waals surface area contributed by atoms with Crippen molar-refractivity contribution in [3.05, 3.63) is 23.8 Å². The van der Waals surface area contributed by atoms with Gasteiger partial charge in [0.25, 0.3) is 0 Å². The Bertz CT molecular complexity index is 393. The molecule has 0 saturated heterocycles. The van der Waals surface area contributed by atoms with Gasteiger partial charge in [-0.2, -0.15) is 5.26 Å². The SMILES string of the molecule is CN(C)CCCCNc1ccc(C#N)cc1N. The van der Waals surface area contributed by atoms with Gasteiger partial charge in [-0.05, 0) is 51.7 Å². The summed E-state index contributed by atoms with van der Waals surface area (Å²) in [6.07, 6.45) is 2.27. The Kier molecular flexibility index (Phi) is 5.31. The minimum atomic E-state index is 0.598. The van der Waals surface area contributed by atoms with Crippen molar-refractivity contribution in [3.8, 4) is 6.07 Å². The molecule has 0 unspecified atom stereocenters. The Morgan fingerprint density at radius 3 is 2.71 bits per heavy atom. The van der Waals surface area contributed by atoms with Crippen LogP contribution in [-0.2, 0) is 0 Å². The zero-order valence-electron chi connectivity index (χ0n) is 10.5. The summed E-state index contributed by atoms with van der Waals surface area (Å²) in [5, 5.41) is 12.0. The summed E-state index contributed by atoms with van der Waals surface area (Å²) in [6.45, 7) is 2.01. The zero-order chi connectivity index (χ0) is 12.7. The third-order valence-electron chi connectivity index (χ3n) is 2.53. The number of hydrogen-bond acceptors (Lipinski definition) is 4. The van der Waals surface area contributed by atoms with Gasteiger partial charge in [0.05, 0.1) is 23.0 Å². The molecule has 0 aliphatic carbocycles. The van der Waals surface area contributed by atoms with Crippen LogP contribution in [-0.4, -0.2) is 32.1 Å². The topological polar surface area (TPSA) is 65.1 Å². The molecule has 0 aliphatic rings. The molecule has 1 aromatic rings. The monoisotopic (exact) mass is 232 g/mol. The maximum atomic E-state index is 8.72. The largest absolute Gasteiger partial charge is 0.397 e. The molecule has 1 rings (SSSR count). The quantitative estimate of drug-likeness (QED) is 0.580. The number of nitrogen functional groups attached to an aromatic ring is 1. The average Bonchev–Trinajstić information content (AvgIpc) is 2.30. The second-order valence-corrected chi connectivity index (χ2v) is 4.35. The van der Waals surface area contributed by atoms with Crippen molar-refractivity contribution in [3.63, 3.8) is 0 Å². The zero-order valence-corrected chi connectivity index (χ0v) is 10.5. The second kappa shape index (κ2) is 6.77. The van der Waals surface area contributed by atoms with Crippen LogP contribution < -0.4 is 11.1 Å². The van der Waals surface area contributed by atoms with Crippen LogP contribution >= 0.6 is 0 Å². The summed E-state index contributed by atoms with van der Waals surface area (Å²) >= 11 is 0. The fourth-order valence-corrected chi connectivity index (χ4v) is 1.57. The van der Waals surface area contributed by atoms with Crippen LogP contribution in [0.25, 0.3) is 0 Å². The van der Waals surface area contributed by atoms with Gasteiger partial charge in [0.1, 0.15) is 0 Å². The van der Waals surface area contributed by atoms with E-state index in [9.17, 15) is 0 Å².